The van der Waals surface area contributed by atoms with Crippen LogP contribution in [0.1, 0.15) is 32.1 Å². The fourth-order valence-electron chi connectivity index (χ4n) is 1.45. The third kappa shape index (κ3) is 2.26. The van der Waals surface area contributed by atoms with Crippen LogP contribution in [0.15, 0.2) is 0 Å². The summed E-state index contributed by atoms with van der Waals surface area (Å²) < 4.78 is 0. The smallest absolute Gasteiger partial charge is 0.0634 e. The number of nitrogens with two attached hydrogens (primary N) is 1. The minimum Gasteiger partial charge on any atom is -0.319 e. The zero-order chi connectivity index (χ0) is 6.69. The first-order valence-electron chi connectivity index (χ1n) is 3.70. The monoisotopic (exact) mass is 191 g/mol. The first-order chi connectivity index (χ1) is 4.30. The molecule has 0 spiro atoms. The van der Waals surface area contributed by atoms with Crippen LogP contribution >= 0.6 is 15.9 Å². The van der Waals surface area contributed by atoms with Gasteiger partial charge in [0, 0.05) is 0 Å². The lowest BCUT2D eigenvalue weighted by Crippen LogP contribution is -2.25. The van der Waals surface area contributed by atoms with Crippen molar-refractivity contribution in [2.75, 3.05) is 0 Å². The SMILES string of the molecule is NC(Br)C1CCCCC1. The summed E-state index contributed by atoms with van der Waals surface area (Å²) in [7, 11) is 0. The maximum atomic E-state index is 5.68. The molecule has 0 radical (unpaired) electrons. The third-order valence-electron chi connectivity index (χ3n) is 2.10. The van der Waals surface area contributed by atoms with Crippen LogP contribution in [0.25, 0.3) is 0 Å². The molecule has 0 aromatic carbocycles. The van der Waals surface area contributed by atoms with E-state index in [1.807, 2.05) is 0 Å². The molecule has 1 rings (SSSR count). The number of rotatable bonds is 1. The standard InChI is InChI=1S/C7H14BrN/c8-7(9)6-4-2-1-3-5-6/h6-7H,1-5,9H2. The molecule has 9 heavy (non-hydrogen) atoms. The number of hydrogen-bond donors (Lipinski definition) is 1. The molecule has 0 saturated heterocycles. The van der Waals surface area contributed by atoms with Crippen molar-refractivity contribution in [2.45, 2.75) is 37.1 Å². The second kappa shape index (κ2) is 3.57. The summed E-state index contributed by atoms with van der Waals surface area (Å²) in [5.74, 6) is 0.749. The van der Waals surface area contributed by atoms with Gasteiger partial charge in [-0.2, -0.15) is 0 Å². The Balaban J connectivity index is 2.23. The normalized spacial score (nSPS) is 26.0. The lowest BCUT2D eigenvalue weighted by atomic mass is 9.89. The van der Waals surface area contributed by atoms with Gasteiger partial charge in [0.25, 0.3) is 0 Å². The van der Waals surface area contributed by atoms with Crippen LogP contribution in [0.3, 0.4) is 0 Å². The molecule has 0 bridgehead atoms. The van der Waals surface area contributed by atoms with Gasteiger partial charge in [0.05, 0.1) is 4.95 Å². The minimum atomic E-state index is 0.248. The fourth-order valence-corrected chi connectivity index (χ4v) is 1.98. The van der Waals surface area contributed by atoms with Crippen LogP contribution in [0.4, 0.5) is 0 Å². The van der Waals surface area contributed by atoms with E-state index < -0.39 is 0 Å². The van der Waals surface area contributed by atoms with Crippen molar-refractivity contribution in [2.24, 2.45) is 11.7 Å². The van der Waals surface area contributed by atoms with Crippen LogP contribution in [-0.4, -0.2) is 4.95 Å². The summed E-state index contributed by atoms with van der Waals surface area (Å²) in [5, 5.41) is 0. The van der Waals surface area contributed by atoms with Crippen LogP contribution in [-0.2, 0) is 0 Å². The van der Waals surface area contributed by atoms with Crippen LogP contribution in [0.5, 0.6) is 0 Å². The molecule has 0 aliphatic heterocycles. The Bertz CT molecular complexity index is 77.0. The van der Waals surface area contributed by atoms with Gasteiger partial charge < -0.3 is 5.73 Å². The number of hydrogen-bond acceptors (Lipinski definition) is 1. The molecule has 1 nitrogen and oxygen atoms in total. The number of halogens is 1. The summed E-state index contributed by atoms with van der Waals surface area (Å²) in [4.78, 5) is 0.248. The Labute approximate surface area is 65.1 Å². The predicted molar refractivity (Wildman–Crippen MR) is 43.5 cm³/mol. The Kier molecular flexibility index (Phi) is 2.99. The van der Waals surface area contributed by atoms with Crippen molar-refractivity contribution in [1.82, 2.24) is 0 Å². The van der Waals surface area contributed by atoms with E-state index in [1.54, 1.807) is 0 Å². The van der Waals surface area contributed by atoms with Gasteiger partial charge in [0.2, 0.25) is 0 Å². The van der Waals surface area contributed by atoms with Crippen LogP contribution < -0.4 is 5.73 Å². The number of alkyl halides is 1. The average Bonchev–Trinajstić information content (AvgIpc) is 1.90. The molecule has 2 heteroatoms. The van der Waals surface area contributed by atoms with Gasteiger partial charge in [-0.1, -0.05) is 35.2 Å². The molecule has 1 atom stereocenters. The Morgan fingerprint density at radius 1 is 1.22 bits per heavy atom. The van der Waals surface area contributed by atoms with E-state index in [1.165, 1.54) is 32.1 Å². The van der Waals surface area contributed by atoms with E-state index in [2.05, 4.69) is 15.9 Å². The molecule has 0 aromatic rings. The van der Waals surface area contributed by atoms with Crippen molar-refractivity contribution in [3.05, 3.63) is 0 Å². The van der Waals surface area contributed by atoms with Gasteiger partial charge in [-0.25, -0.2) is 0 Å². The Morgan fingerprint density at radius 2 is 1.78 bits per heavy atom. The molecular weight excluding hydrogens is 178 g/mol. The van der Waals surface area contributed by atoms with E-state index in [4.69, 9.17) is 5.73 Å². The highest BCUT2D eigenvalue weighted by Gasteiger charge is 2.17. The van der Waals surface area contributed by atoms with Crippen molar-refractivity contribution >= 4 is 15.9 Å². The molecule has 1 unspecified atom stereocenters. The molecule has 0 heterocycles. The van der Waals surface area contributed by atoms with Gasteiger partial charge in [-0.3, -0.25) is 0 Å². The Hall–Kier alpha value is 0.440. The Morgan fingerprint density at radius 3 is 2.11 bits per heavy atom. The lowest BCUT2D eigenvalue weighted by Gasteiger charge is -2.23. The first kappa shape index (κ1) is 7.55. The largest absolute Gasteiger partial charge is 0.319 e. The van der Waals surface area contributed by atoms with Gasteiger partial charge in [-0.15, -0.1) is 0 Å². The van der Waals surface area contributed by atoms with Crippen molar-refractivity contribution in [3.63, 3.8) is 0 Å². The summed E-state index contributed by atoms with van der Waals surface area (Å²) >= 11 is 3.41. The summed E-state index contributed by atoms with van der Waals surface area (Å²) in [6, 6.07) is 0. The molecule has 0 amide bonds. The lowest BCUT2D eigenvalue weighted by molar-refractivity contribution is 0.354. The zero-order valence-corrected chi connectivity index (χ0v) is 7.23. The molecule has 1 saturated carbocycles. The van der Waals surface area contributed by atoms with E-state index in [0.717, 1.165) is 5.92 Å². The van der Waals surface area contributed by atoms with Crippen LogP contribution in [0.2, 0.25) is 0 Å². The van der Waals surface area contributed by atoms with E-state index in [9.17, 15) is 0 Å². The maximum Gasteiger partial charge on any atom is 0.0634 e. The molecular formula is C7H14BrN. The van der Waals surface area contributed by atoms with Crippen LogP contribution in [0, 0.1) is 5.92 Å². The summed E-state index contributed by atoms with van der Waals surface area (Å²) in [6.07, 6.45) is 6.82. The van der Waals surface area contributed by atoms with E-state index in [0.29, 0.717) is 0 Å². The quantitative estimate of drug-likeness (QED) is 0.500. The highest BCUT2D eigenvalue weighted by Crippen LogP contribution is 2.27. The molecule has 1 fully saturated rings. The molecule has 1 aliphatic carbocycles. The summed E-state index contributed by atoms with van der Waals surface area (Å²) in [5.41, 5.74) is 5.68. The maximum absolute atomic E-state index is 5.68. The van der Waals surface area contributed by atoms with E-state index in [-0.39, 0.29) is 4.95 Å². The average molecular weight is 192 g/mol. The molecule has 0 aromatic heterocycles. The fraction of sp³-hybridized carbons (Fsp3) is 1.00. The second-order valence-electron chi connectivity index (χ2n) is 2.84. The highest BCUT2D eigenvalue weighted by atomic mass is 79.9. The highest BCUT2D eigenvalue weighted by molar-refractivity contribution is 9.09. The third-order valence-corrected chi connectivity index (χ3v) is 2.85. The van der Waals surface area contributed by atoms with E-state index >= 15 is 0 Å². The van der Waals surface area contributed by atoms with Gasteiger partial charge in [0.1, 0.15) is 0 Å². The van der Waals surface area contributed by atoms with Crippen molar-refractivity contribution in [3.8, 4) is 0 Å². The van der Waals surface area contributed by atoms with Gasteiger partial charge >= 0.3 is 0 Å². The molecule has 54 valence electrons. The molecule has 1 aliphatic rings. The summed E-state index contributed by atoms with van der Waals surface area (Å²) in [6.45, 7) is 0. The topological polar surface area (TPSA) is 26.0 Å². The van der Waals surface area contributed by atoms with Gasteiger partial charge in [0.15, 0.2) is 0 Å². The van der Waals surface area contributed by atoms with Gasteiger partial charge in [-0.05, 0) is 18.8 Å². The zero-order valence-electron chi connectivity index (χ0n) is 5.65. The molecule has 2 N–H and O–H groups in total. The minimum absolute atomic E-state index is 0.248. The predicted octanol–water partition coefficient (Wildman–Crippen LogP) is 2.25. The first-order valence-corrected chi connectivity index (χ1v) is 4.62. The van der Waals surface area contributed by atoms with Crippen molar-refractivity contribution < 1.29 is 0 Å². The second-order valence-corrected chi connectivity index (χ2v) is 3.90. The van der Waals surface area contributed by atoms with Crippen molar-refractivity contribution in [1.29, 1.82) is 0 Å².